The van der Waals surface area contributed by atoms with Gasteiger partial charge in [-0.1, -0.05) is 12.1 Å². The summed E-state index contributed by atoms with van der Waals surface area (Å²) in [4.78, 5) is 0. The zero-order valence-corrected chi connectivity index (χ0v) is 9.25. The zero-order valence-electron chi connectivity index (χ0n) is 9.25. The second-order valence-corrected chi connectivity index (χ2v) is 4.02. The van der Waals surface area contributed by atoms with Gasteiger partial charge in [0.2, 0.25) is 0 Å². The summed E-state index contributed by atoms with van der Waals surface area (Å²) in [6.07, 6.45) is 3.40. The molecule has 2 N–H and O–H groups in total. The van der Waals surface area contributed by atoms with Gasteiger partial charge >= 0.3 is 0 Å². The lowest BCUT2D eigenvalue weighted by atomic mass is 9.90. The van der Waals surface area contributed by atoms with Gasteiger partial charge in [-0.2, -0.15) is 5.10 Å². The highest BCUT2D eigenvalue weighted by atomic mass is 16.3. The van der Waals surface area contributed by atoms with Crippen molar-refractivity contribution in [2.75, 3.05) is 0 Å². The van der Waals surface area contributed by atoms with Gasteiger partial charge in [-0.25, -0.2) is 0 Å². The fraction of sp³-hybridized carbons (Fsp3) is 0.250. The van der Waals surface area contributed by atoms with Crippen LogP contribution < -0.4 is 0 Å². The van der Waals surface area contributed by atoms with Crippen LogP contribution in [0.5, 0.6) is 5.75 Å². The summed E-state index contributed by atoms with van der Waals surface area (Å²) < 4.78 is 1.64. The number of rotatable bonds is 2. The third kappa shape index (κ3) is 1.79. The molecule has 0 amide bonds. The minimum Gasteiger partial charge on any atom is -0.508 e. The molecule has 1 heterocycles. The Morgan fingerprint density at radius 2 is 1.81 bits per heavy atom. The van der Waals surface area contributed by atoms with E-state index in [1.807, 2.05) is 0 Å². The number of aromatic nitrogens is 2. The van der Waals surface area contributed by atoms with Crippen LogP contribution in [0, 0.1) is 0 Å². The molecule has 2 rings (SSSR count). The third-order valence-electron chi connectivity index (χ3n) is 2.70. The van der Waals surface area contributed by atoms with E-state index >= 15 is 0 Å². The van der Waals surface area contributed by atoms with Gasteiger partial charge in [0.15, 0.2) is 0 Å². The van der Waals surface area contributed by atoms with E-state index in [1.54, 1.807) is 55.3 Å². The van der Waals surface area contributed by atoms with Gasteiger partial charge in [0.25, 0.3) is 0 Å². The Morgan fingerprint density at radius 1 is 1.19 bits per heavy atom. The van der Waals surface area contributed by atoms with Gasteiger partial charge in [-0.3, -0.25) is 4.68 Å². The van der Waals surface area contributed by atoms with Crippen molar-refractivity contribution >= 4 is 0 Å². The standard InChI is InChI=1S/C12H14N2O2/c1-12(16,10-7-13-14(2)8-10)9-3-5-11(15)6-4-9/h3-8,15-16H,1-2H3. The number of phenolic OH excluding ortho intramolecular Hbond substituents is 1. The first-order valence-electron chi connectivity index (χ1n) is 5.01. The van der Waals surface area contributed by atoms with Crippen molar-refractivity contribution in [2.45, 2.75) is 12.5 Å². The maximum Gasteiger partial charge on any atom is 0.115 e. The van der Waals surface area contributed by atoms with E-state index in [-0.39, 0.29) is 5.75 Å². The van der Waals surface area contributed by atoms with Gasteiger partial charge in [-0.15, -0.1) is 0 Å². The van der Waals surface area contributed by atoms with Crippen LogP contribution in [0.2, 0.25) is 0 Å². The van der Waals surface area contributed by atoms with E-state index in [9.17, 15) is 10.2 Å². The molecule has 1 aromatic carbocycles. The molecule has 0 aliphatic carbocycles. The summed E-state index contributed by atoms with van der Waals surface area (Å²) in [7, 11) is 1.80. The second kappa shape index (κ2) is 3.64. The van der Waals surface area contributed by atoms with Crippen LogP contribution >= 0.6 is 0 Å². The van der Waals surface area contributed by atoms with Crippen molar-refractivity contribution < 1.29 is 10.2 Å². The molecule has 0 aliphatic rings. The summed E-state index contributed by atoms with van der Waals surface area (Å²) in [5.41, 5.74) is 0.348. The van der Waals surface area contributed by atoms with E-state index in [2.05, 4.69) is 5.10 Å². The van der Waals surface area contributed by atoms with Gasteiger partial charge in [0.1, 0.15) is 11.4 Å². The Morgan fingerprint density at radius 3 is 2.31 bits per heavy atom. The quantitative estimate of drug-likeness (QED) is 0.800. The smallest absolute Gasteiger partial charge is 0.115 e. The molecule has 0 radical (unpaired) electrons. The van der Waals surface area contributed by atoms with Crippen LogP contribution in [0.25, 0.3) is 0 Å². The number of nitrogens with zero attached hydrogens (tertiary/aromatic N) is 2. The van der Waals surface area contributed by atoms with E-state index in [4.69, 9.17) is 0 Å². The van der Waals surface area contributed by atoms with Crippen LogP contribution in [0.3, 0.4) is 0 Å². The molecule has 0 fully saturated rings. The molecule has 4 nitrogen and oxygen atoms in total. The Kier molecular flexibility index (Phi) is 2.44. The fourth-order valence-electron chi connectivity index (χ4n) is 1.63. The highest BCUT2D eigenvalue weighted by Gasteiger charge is 2.26. The first-order chi connectivity index (χ1) is 7.50. The highest BCUT2D eigenvalue weighted by Crippen LogP contribution is 2.29. The zero-order chi connectivity index (χ0) is 11.8. The summed E-state index contributed by atoms with van der Waals surface area (Å²) >= 11 is 0. The van der Waals surface area contributed by atoms with Gasteiger partial charge in [0.05, 0.1) is 6.20 Å². The van der Waals surface area contributed by atoms with Gasteiger partial charge in [0, 0.05) is 18.8 Å². The van der Waals surface area contributed by atoms with Crippen LogP contribution in [0.15, 0.2) is 36.7 Å². The SMILES string of the molecule is Cn1cc(C(C)(O)c2ccc(O)cc2)cn1. The average Bonchev–Trinajstić information content (AvgIpc) is 2.66. The molecule has 4 heteroatoms. The minimum atomic E-state index is -1.10. The molecule has 0 spiro atoms. The average molecular weight is 218 g/mol. The summed E-state index contributed by atoms with van der Waals surface area (Å²) in [6.45, 7) is 1.70. The Labute approximate surface area is 93.8 Å². The minimum absolute atomic E-state index is 0.186. The number of benzene rings is 1. The van der Waals surface area contributed by atoms with E-state index < -0.39 is 5.60 Å². The molecule has 0 saturated carbocycles. The topological polar surface area (TPSA) is 58.3 Å². The maximum atomic E-state index is 10.4. The van der Waals surface area contributed by atoms with E-state index in [0.29, 0.717) is 0 Å². The third-order valence-corrected chi connectivity index (χ3v) is 2.70. The van der Waals surface area contributed by atoms with E-state index in [0.717, 1.165) is 11.1 Å². The highest BCUT2D eigenvalue weighted by molar-refractivity contribution is 5.35. The second-order valence-electron chi connectivity index (χ2n) is 4.02. The maximum absolute atomic E-state index is 10.4. The number of aliphatic hydroxyl groups is 1. The number of aryl methyl sites for hydroxylation is 1. The molecule has 0 saturated heterocycles. The Balaban J connectivity index is 2.42. The monoisotopic (exact) mass is 218 g/mol. The first-order valence-corrected chi connectivity index (χ1v) is 5.01. The summed E-state index contributed by atoms with van der Waals surface area (Å²) in [6, 6.07) is 6.50. The molecule has 1 aromatic heterocycles. The van der Waals surface area contributed by atoms with Crippen LogP contribution in [-0.2, 0) is 12.6 Å². The lowest BCUT2D eigenvalue weighted by Gasteiger charge is -2.22. The predicted octanol–water partition coefficient (Wildman–Crippen LogP) is 1.38. The molecule has 0 aliphatic heterocycles. The Hall–Kier alpha value is -1.81. The van der Waals surface area contributed by atoms with Crippen molar-refractivity contribution in [1.29, 1.82) is 0 Å². The van der Waals surface area contributed by atoms with Crippen molar-refractivity contribution in [1.82, 2.24) is 9.78 Å². The lowest BCUT2D eigenvalue weighted by molar-refractivity contribution is 0.102. The van der Waals surface area contributed by atoms with Crippen molar-refractivity contribution in [2.24, 2.45) is 7.05 Å². The van der Waals surface area contributed by atoms with Gasteiger partial charge < -0.3 is 10.2 Å². The summed E-state index contributed by atoms with van der Waals surface area (Å²) in [5, 5.41) is 23.7. The largest absolute Gasteiger partial charge is 0.508 e. The normalized spacial score (nSPS) is 14.7. The van der Waals surface area contributed by atoms with E-state index in [1.165, 1.54) is 0 Å². The molecule has 16 heavy (non-hydrogen) atoms. The van der Waals surface area contributed by atoms with Crippen molar-refractivity contribution in [3.05, 3.63) is 47.8 Å². The predicted molar refractivity (Wildman–Crippen MR) is 60.0 cm³/mol. The van der Waals surface area contributed by atoms with Crippen LogP contribution in [0.1, 0.15) is 18.1 Å². The fourth-order valence-corrected chi connectivity index (χ4v) is 1.63. The number of phenols is 1. The van der Waals surface area contributed by atoms with Gasteiger partial charge in [-0.05, 0) is 24.6 Å². The summed E-state index contributed by atoms with van der Waals surface area (Å²) in [5.74, 6) is 0.186. The van der Waals surface area contributed by atoms with Crippen LogP contribution in [0.4, 0.5) is 0 Å². The molecule has 84 valence electrons. The lowest BCUT2D eigenvalue weighted by Crippen LogP contribution is -2.21. The first kappa shape index (κ1) is 10.7. The molecule has 1 unspecified atom stereocenters. The van der Waals surface area contributed by atoms with Crippen LogP contribution in [-0.4, -0.2) is 20.0 Å². The molecular weight excluding hydrogens is 204 g/mol. The number of hydrogen-bond acceptors (Lipinski definition) is 3. The Bertz CT molecular complexity index is 486. The van der Waals surface area contributed by atoms with Crippen molar-refractivity contribution in [3.8, 4) is 5.75 Å². The molecular formula is C12H14N2O2. The number of hydrogen-bond donors (Lipinski definition) is 2. The number of aromatic hydroxyl groups is 1. The molecule has 2 aromatic rings. The molecule has 1 atom stereocenters. The van der Waals surface area contributed by atoms with Crippen molar-refractivity contribution in [3.63, 3.8) is 0 Å². The molecule has 0 bridgehead atoms.